The summed E-state index contributed by atoms with van der Waals surface area (Å²) in [5.74, 6) is -0.951. The number of aliphatic hydroxyl groups is 1. The monoisotopic (exact) mass is 611 g/mol. The van der Waals surface area contributed by atoms with Crippen molar-refractivity contribution in [1.29, 1.82) is 0 Å². The molecule has 0 aliphatic heterocycles. The van der Waals surface area contributed by atoms with Crippen molar-refractivity contribution in [2.45, 2.75) is 58.7 Å². The number of nitrogens with zero attached hydrogens (tertiary/aromatic N) is 1. The Hall–Kier alpha value is -4.02. The summed E-state index contributed by atoms with van der Waals surface area (Å²) in [6, 6.07) is 12.6. The van der Waals surface area contributed by atoms with Crippen LogP contribution in [0.2, 0.25) is 0 Å². The molecule has 10 heteroatoms. The average molecular weight is 612 g/mol. The third-order valence-electron chi connectivity index (χ3n) is 7.11. The molecule has 0 aliphatic carbocycles. The second-order valence-electron chi connectivity index (χ2n) is 10.9. The Morgan fingerprint density at radius 2 is 1.43 bits per heavy atom. The number of benzene rings is 3. The summed E-state index contributed by atoms with van der Waals surface area (Å²) in [4.78, 5) is 28.6. The molecule has 0 heterocycles. The SMILES string of the molecule is CCCN(CCC)C(=O)c1cc(C)cc(C(=O)NC(Cc2cc(F)cc(F)c2)[C@H](O)CNCc2cc(OC)cc(OC)c2)c1. The largest absolute Gasteiger partial charge is 0.497 e. The molecule has 8 nitrogen and oxygen atoms in total. The summed E-state index contributed by atoms with van der Waals surface area (Å²) in [7, 11) is 3.11. The highest BCUT2D eigenvalue weighted by Gasteiger charge is 2.24. The van der Waals surface area contributed by atoms with Crippen molar-refractivity contribution in [3.63, 3.8) is 0 Å². The lowest BCUT2D eigenvalue weighted by Gasteiger charge is -2.25. The first kappa shape index (κ1) is 34.5. The van der Waals surface area contributed by atoms with Gasteiger partial charge in [0.05, 0.1) is 26.4 Å². The molecule has 2 atom stereocenters. The van der Waals surface area contributed by atoms with Crippen molar-refractivity contribution in [2.75, 3.05) is 33.9 Å². The Morgan fingerprint density at radius 1 is 0.841 bits per heavy atom. The normalized spacial score (nSPS) is 12.4. The molecule has 0 aromatic heterocycles. The molecule has 0 radical (unpaired) electrons. The third-order valence-corrected chi connectivity index (χ3v) is 7.11. The van der Waals surface area contributed by atoms with Crippen molar-refractivity contribution in [3.05, 3.63) is 94.0 Å². The molecular weight excluding hydrogens is 568 g/mol. The molecule has 2 amide bonds. The lowest BCUT2D eigenvalue weighted by molar-refractivity contribution is 0.0755. The summed E-state index contributed by atoms with van der Waals surface area (Å²) < 4.78 is 38.6. The number of ether oxygens (including phenoxy) is 2. The van der Waals surface area contributed by atoms with Gasteiger partial charge in [-0.05, 0) is 85.3 Å². The second kappa shape index (κ2) is 16.7. The van der Waals surface area contributed by atoms with Crippen molar-refractivity contribution < 1.29 is 33.0 Å². The summed E-state index contributed by atoms with van der Waals surface area (Å²) in [6.07, 6.45) is 0.456. The van der Waals surface area contributed by atoms with E-state index in [9.17, 15) is 23.5 Å². The molecule has 0 fully saturated rings. The van der Waals surface area contributed by atoms with Crippen molar-refractivity contribution in [1.82, 2.24) is 15.5 Å². The van der Waals surface area contributed by atoms with Crippen LogP contribution < -0.4 is 20.1 Å². The maximum absolute atomic E-state index is 14.0. The van der Waals surface area contributed by atoms with Crippen LogP contribution >= 0.6 is 0 Å². The zero-order chi connectivity index (χ0) is 32.2. The molecule has 3 aromatic rings. The van der Waals surface area contributed by atoms with E-state index in [2.05, 4.69) is 10.6 Å². The number of nitrogens with one attached hydrogen (secondary N) is 2. The van der Waals surface area contributed by atoms with Crippen LogP contribution in [0, 0.1) is 18.6 Å². The molecule has 3 aromatic carbocycles. The smallest absolute Gasteiger partial charge is 0.253 e. The molecule has 3 rings (SSSR count). The van der Waals surface area contributed by atoms with Gasteiger partial charge in [-0.3, -0.25) is 9.59 Å². The lowest BCUT2D eigenvalue weighted by Crippen LogP contribution is -2.48. The van der Waals surface area contributed by atoms with Gasteiger partial charge in [0.15, 0.2) is 0 Å². The highest BCUT2D eigenvalue weighted by atomic mass is 19.1. The summed E-state index contributed by atoms with van der Waals surface area (Å²) in [5, 5.41) is 17.2. The van der Waals surface area contributed by atoms with Crippen LogP contribution in [-0.2, 0) is 13.0 Å². The predicted molar refractivity (Wildman–Crippen MR) is 166 cm³/mol. The fourth-order valence-corrected chi connectivity index (χ4v) is 5.07. The molecule has 238 valence electrons. The van der Waals surface area contributed by atoms with E-state index < -0.39 is 29.7 Å². The van der Waals surface area contributed by atoms with E-state index in [0.29, 0.717) is 36.7 Å². The number of rotatable bonds is 16. The minimum absolute atomic E-state index is 0.0331. The zero-order valence-corrected chi connectivity index (χ0v) is 26.1. The minimum atomic E-state index is -1.13. The summed E-state index contributed by atoms with van der Waals surface area (Å²) in [5.41, 5.74) is 2.50. The van der Waals surface area contributed by atoms with E-state index in [4.69, 9.17) is 9.47 Å². The topological polar surface area (TPSA) is 100 Å². The van der Waals surface area contributed by atoms with Crippen molar-refractivity contribution in [2.24, 2.45) is 0 Å². The highest BCUT2D eigenvalue weighted by Crippen LogP contribution is 2.22. The molecule has 0 bridgehead atoms. The van der Waals surface area contributed by atoms with Gasteiger partial charge in [0.2, 0.25) is 0 Å². The van der Waals surface area contributed by atoms with E-state index in [1.165, 1.54) is 12.1 Å². The standard InChI is InChI=1S/C34H43F2N3O5/c1-6-8-39(9-7-2)34(42)26-11-22(3)10-25(17-26)33(41)38-31(16-23-12-27(35)18-28(36)13-23)32(40)21-37-20-24-14-29(43-4)19-30(15-24)44-5/h10-15,17-19,31-32,37,40H,6-9,16,20-21H2,1-5H3,(H,38,41)/t31?,32-/m1/s1. The van der Waals surface area contributed by atoms with Gasteiger partial charge < -0.3 is 30.1 Å². The molecule has 0 spiro atoms. The molecular formula is C34H43F2N3O5. The van der Waals surface area contributed by atoms with Gasteiger partial charge in [-0.25, -0.2) is 8.78 Å². The van der Waals surface area contributed by atoms with Crippen LogP contribution in [0.3, 0.4) is 0 Å². The van der Waals surface area contributed by atoms with Crippen LogP contribution in [-0.4, -0.2) is 67.8 Å². The van der Waals surface area contributed by atoms with Gasteiger partial charge in [0, 0.05) is 49.4 Å². The molecule has 1 unspecified atom stereocenters. The average Bonchev–Trinajstić information content (AvgIpc) is 2.99. The molecule has 3 N–H and O–H groups in total. The van der Waals surface area contributed by atoms with E-state index in [1.54, 1.807) is 50.3 Å². The third kappa shape index (κ3) is 10.0. The van der Waals surface area contributed by atoms with Crippen LogP contribution in [0.1, 0.15) is 64.1 Å². The number of hydrogen-bond acceptors (Lipinski definition) is 6. The van der Waals surface area contributed by atoms with E-state index in [1.807, 2.05) is 26.0 Å². The maximum Gasteiger partial charge on any atom is 0.253 e. The van der Waals surface area contributed by atoms with Crippen LogP contribution in [0.25, 0.3) is 0 Å². The quantitative estimate of drug-likeness (QED) is 0.210. The highest BCUT2D eigenvalue weighted by molar-refractivity contribution is 6.00. The number of carbonyl (C=O) groups excluding carboxylic acids is 2. The van der Waals surface area contributed by atoms with Crippen LogP contribution in [0.5, 0.6) is 11.5 Å². The number of amides is 2. The van der Waals surface area contributed by atoms with Gasteiger partial charge in [-0.1, -0.05) is 13.8 Å². The van der Waals surface area contributed by atoms with Crippen LogP contribution in [0.15, 0.2) is 54.6 Å². The van der Waals surface area contributed by atoms with Crippen LogP contribution in [0.4, 0.5) is 8.78 Å². The van der Waals surface area contributed by atoms with Gasteiger partial charge in [-0.15, -0.1) is 0 Å². The van der Waals surface area contributed by atoms with Gasteiger partial charge >= 0.3 is 0 Å². The Balaban J connectivity index is 1.81. The Labute approximate surface area is 258 Å². The number of carbonyl (C=O) groups is 2. The fourth-order valence-electron chi connectivity index (χ4n) is 5.07. The fraction of sp³-hybridized carbons (Fsp3) is 0.412. The van der Waals surface area contributed by atoms with E-state index >= 15 is 0 Å². The van der Waals surface area contributed by atoms with E-state index in [0.717, 1.165) is 30.0 Å². The molecule has 0 saturated heterocycles. The number of aryl methyl sites for hydroxylation is 1. The Morgan fingerprint density at radius 3 is 2.00 bits per heavy atom. The Bertz CT molecular complexity index is 1370. The minimum Gasteiger partial charge on any atom is -0.497 e. The number of hydrogen-bond donors (Lipinski definition) is 3. The maximum atomic E-state index is 14.0. The predicted octanol–water partition coefficient (Wildman–Crippen LogP) is 5.04. The Kier molecular flexibility index (Phi) is 13.1. The first-order valence-corrected chi connectivity index (χ1v) is 14.8. The van der Waals surface area contributed by atoms with Gasteiger partial charge in [0.25, 0.3) is 11.8 Å². The lowest BCUT2D eigenvalue weighted by atomic mass is 9.99. The molecule has 0 aliphatic rings. The first-order chi connectivity index (χ1) is 21.1. The van der Waals surface area contributed by atoms with E-state index in [-0.39, 0.29) is 30.0 Å². The first-order valence-electron chi connectivity index (χ1n) is 14.8. The summed E-state index contributed by atoms with van der Waals surface area (Å²) >= 11 is 0. The van der Waals surface area contributed by atoms with Gasteiger partial charge in [0.1, 0.15) is 23.1 Å². The number of methoxy groups -OCH3 is 2. The number of aliphatic hydroxyl groups excluding tert-OH is 1. The van der Waals surface area contributed by atoms with Crippen molar-refractivity contribution >= 4 is 11.8 Å². The van der Waals surface area contributed by atoms with Gasteiger partial charge in [-0.2, -0.15) is 0 Å². The molecule has 44 heavy (non-hydrogen) atoms. The zero-order valence-electron chi connectivity index (χ0n) is 26.1. The van der Waals surface area contributed by atoms with Crippen molar-refractivity contribution in [3.8, 4) is 11.5 Å². The molecule has 0 saturated carbocycles. The second-order valence-corrected chi connectivity index (χ2v) is 10.9. The summed E-state index contributed by atoms with van der Waals surface area (Å²) in [6.45, 7) is 7.44. The number of halogens is 2.